The summed E-state index contributed by atoms with van der Waals surface area (Å²) >= 11 is 5.98. The van der Waals surface area contributed by atoms with Crippen molar-refractivity contribution in [3.05, 3.63) is 23.2 Å². The summed E-state index contributed by atoms with van der Waals surface area (Å²) in [7, 11) is 1.48. The second kappa shape index (κ2) is 9.97. The molecule has 1 fully saturated rings. The number of para-hydroxylation sites is 1. The van der Waals surface area contributed by atoms with E-state index in [0.29, 0.717) is 29.5 Å². The van der Waals surface area contributed by atoms with Crippen molar-refractivity contribution in [1.29, 1.82) is 0 Å². The van der Waals surface area contributed by atoms with Crippen LogP contribution in [0.1, 0.15) is 0 Å². The van der Waals surface area contributed by atoms with E-state index in [1.807, 2.05) is 0 Å². The predicted molar refractivity (Wildman–Crippen MR) is 89.8 cm³/mol. The van der Waals surface area contributed by atoms with Gasteiger partial charge in [0.25, 0.3) is 0 Å². The highest BCUT2D eigenvalue weighted by atomic mass is 35.5. The number of nitrogens with zero attached hydrogens (tertiary/aromatic N) is 1. The van der Waals surface area contributed by atoms with Crippen molar-refractivity contribution < 1.29 is 37.4 Å². The number of ether oxygens (including phenoxy) is 1. The predicted octanol–water partition coefficient (Wildman–Crippen LogP) is 1.35. The van der Waals surface area contributed by atoms with Crippen molar-refractivity contribution in [2.45, 2.75) is 6.18 Å². The SMILES string of the molecule is COc1c(Cl)cccc1NC(=O)CN1CCNCC1=O.O=C(O)C(F)(F)F. The van der Waals surface area contributed by atoms with E-state index in [1.165, 1.54) is 12.0 Å². The molecule has 0 unspecified atom stereocenters. The zero-order valence-electron chi connectivity index (χ0n) is 14.1. The number of rotatable bonds is 4. The average molecular weight is 412 g/mol. The number of hydrogen-bond donors (Lipinski definition) is 3. The molecule has 2 amide bonds. The van der Waals surface area contributed by atoms with Crippen molar-refractivity contribution in [1.82, 2.24) is 10.2 Å². The molecule has 3 N–H and O–H groups in total. The number of halogens is 4. The Morgan fingerprint density at radius 1 is 1.41 bits per heavy atom. The number of carboxylic acid groups (broad SMARTS) is 1. The summed E-state index contributed by atoms with van der Waals surface area (Å²) in [5.41, 5.74) is 0.493. The number of aliphatic carboxylic acids is 1. The van der Waals surface area contributed by atoms with E-state index in [9.17, 15) is 22.8 Å². The van der Waals surface area contributed by atoms with E-state index in [-0.39, 0.29) is 24.9 Å². The Balaban J connectivity index is 0.000000445. The quantitative estimate of drug-likeness (QED) is 0.690. The molecule has 0 aromatic heterocycles. The van der Waals surface area contributed by atoms with Gasteiger partial charge in [0.1, 0.15) is 0 Å². The molecule has 12 heteroatoms. The van der Waals surface area contributed by atoms with Crippen molar-refractivity contribution in [2.24, 2.45) is 0 Å². The smallest absolute Gasteiger partial charge is 0.490 e. The van der Waals surface area contributed by atoms with Gasteiger partial charge in [-0.2, -0.15) is 13.2 Å². The molecule has 1 aliphatic heterocycles. The van der Waals surface area contributed by atoms with Crippen LogP contribution in [0.25, 0.3) is 0 Å². The maximum Gasteiger partial charge on any atom is 0.490 e. The highest BCUT2D eigenvalue weighted by molar-refractivity contribution is 6.32. The molecule has 0 bridgehead atoms. The second-order valence-electron chi connectivity index (χ2n) is 5.16. The zero-order valence-corrected chi connectivity index (χ0v) is 14.9. The first-order chi connectivity index (χ1) is 12.6. The van der Waals surface area contributed by atoms with Gasteiger partial charge in [-0.1, -0.05) is 17.7 Å². The summed E-state index contributed by atoms with van der Waals surface area (Å²) in [6, 6.07) is 5.09. The molecule has 1 aliphatic rings. The molecule has 0 radical (unpaired) electrons. The number of piperazine rings is 1. The second-order valence-corrected chi connectivity index (χ2v) is 5.57. The molecule has 1 heterocycles. The van der Waals surface area contributed by atoms with Gasteiger partial charge in [-0.15, -0.1) is 0 Å². The van der Waals surface area contributed by atoms with Gasteiger partial charge in [0.15, 0.2) is 5.75 Å². The van der Waals surface area contributed by atoms with Crippen LogP contribution in [0.4, 0.5) is 18.9 Å². The number of methoxy groups -OCH3 is 1. The van der Waals surface area contributed by atoms with Crippen LogP contribution in [-0.2, 0) is 14.4 Å². The summed E-state index contributed by atoms with van der Waals surface area (Å²) in [6.07, 6.45) is -5.08. The Labute approximate surface area is 157 Å². The summed E-state index contributed by atoms with van der Waals surface area (Å²) in [4.78, 5) is 34.0. The van der Waals surface area contributed by atoms with E-state index >= 15 is 0 Å². The van der Waals surface area contributed by atoms with Gasteiger partial charge in [-0.25, -0.2) is 4.79 Å². The standard InChI is InChI=1S/C13H16ClN3O3.C2HF3O2/c1-20-13-9(14)3-2-4-10(13)16-11(18)8-17-6-5-15-7-12(17)19;3-2(4,5)1(6)7/h2-4,15H,5-8H2,1H3,(H,16,18);(H,6,7). The minimum absolute atomic E-state index is 0.0240. The molecular formula is C15H17ClF3N3O5. The number of benzene rings is 1. The molecule has 0 aliphatic carbocycles. The normalized spacial score (nSPS) is 14.1. The van der Waals surface area contributed by atoms with Gasteiger partial charge in [0, 0.05) is 13.1 Å². The first kappa shape index (κ1) is 22.5. The first-order valence-electron chi connectivity index (χ1n) is 7.47. The largest absolute Gasteiger partial charge is 0.493 e. The Morgan fingerprint density at radius 2 is 2.04 bits per heavy atom. The molecule has 150 valence electrons. The fraction of sp³-hybridized carbons (Fsp3) is 0.400. The number of carbonyl (C=O) groups excluding carboxylic acids is 2. The number of carbonyl (C=O) groups is 3. The number of carboxylic acids is 1. The molecule has 1 saturated heterocycles. The van der Waals surface area contributed by atoms with Gasteiger partial charge in [0.2, 0.25) is 11.8 Å². The van der Waals surface area contributed by atoms with Gasteiger partial charge >= 0.3 is 12.1 Å². The molecule has 1 aromatic carbocycles. The third kappa shape index (κ3) is 7.31. The summed E-state index contributed by atoms with van der Waals surface area (Å²) in [6.45, 7) is 1.52. The first-order valence-corrected chi connectivity index (χ1v) is 7.85. The minimum atomic E-state index is -5.08. The lowest BCUT2D eigenvalue weighted by atomic mass is 10.2. The number of amides is 2. The van der Waals surface area contributed by atoms with E-state index in [4.69, 9.17) is 26.2 Å². The Hall–Kier alpha value is -2.53. The Morgan fingerprint density at radius 3 is 2.56 bits per heavy atom. The number of nitrogens with one attached hydrogen (secondary N) is 2. The lowest BCUT2D eigenvalue weighted by molar-refractivity contribution is -0.192. The van der Waals surface area contributed by atoms with Gasteiger partial charge in [-0.05, 0) is 12.1 Å². The molecular weight excluding hydrogens is 395 g/mol. The summed E-state index contributed by atoms with van der Waals surface area (Å²) < 4.78 is 36.9. The highest BCUT2D eigenvalue weighted by Crippen LogP contribution is 2.32. The maximum absolute atomic E-state index is 12.0. The van der Waals surface area contributed by atoms with Crippen LogP contribution in [0.15, 0.2) is 18.2 Å². The van der Waals surface area contributed by atoms with Crippen molar-refractivity contribution in [3.8, 4) is 5.75 Å². The van der Waals surface area contributed by atoms with Crippen LogP contribution in [0, 0.1) is 0 Å². The Kier molecular flexibility index (Phi) is 8.32. The molecule has 27 heavy (non-hydrogen) atoms. The third-order valence-corrected chi connectivity index (χ3v) is 3.51. The topological polar surface area (TPSA) is 108 Å². The molecule has 1 aromatic rings. The number of anilines is 1. The Bertz CT molecular complexity index is 700. The summed E-state index contributed by atoms with van der Waals surface area (Å²) in [5, 5.41) is 13.2. The van der Waals surface area contributed by atoms with Crippen LogP contribution in [0.2, 0.25) is 5.02 Å². The zero-order chi connectivity index (χ0) is 20.6. The highest BCUT2D eigenvalue weighted by Gasteiger charge is 2.38. The fourth-order valence-corrected chi connectivity index (χ4v) is 2.24. The number of hydrogen-bond acceptors (Lipinski definition) is 5. The van der Waals surface area contributed by atoms with Gasteiger partial charge in [0.05, 0.1) is 30.9 Å². The lowest BCUT2D eigenvalue weighted by Crippen LogP contribution is -2.50. The van der Waals surface area contributed by atoms with Crippen LogP contribution in [-0.4, -0.2) is 67.3 Å². The minimum Gasteiger partial charge on any atom is -0.493 e. The lowest BCUT2D eigenvalue weighted by Gasteiger charge is -2.26. The average Bonchev–Trinajstić information content (AvgIpc) is 2.57. The molecule has 2 rings (SSSR count). The third-order valence-electron chi connectivity index (χ3n) is 3.21. The van der Waals surface area contributed by atoms with Crippen molar-refractivity contribution in [2.75, 3.05) is 38.6 Å². The van der Waals surface area contributed by atoms with E-state index in [1.54, 1.807) is 18.2 Å². The van der Waals surface area contributed by atoms with Crippen LogP contribution >= 0.6 is 11.6 Å². The fourth-order valence-electron chi connectivity index (χ4n) is 1.99. The van der Waals surface area contributed by atoms with E-state index in [2.05, 4.69) is 10.6 Å². The van der Waals surface area contributed by atoms with E-state index in [0.717, 1.165) is 0 Å². The van der Waals surface area contributed by atoms with Crippen LogP contribution < -0.4 is 15.4 Å². The van der Waals surface area contributed by atoms with Crippen LogP contribution in [0.5, 0.6) is 5.75 Å². The molecule has 0 spiro atoms. The van der Waals surface area contributed by atoms with Crippen LogP contribution in [0.3, 0.4) is 0 Å². The molecule has 0 atom stereocenters. The molecule has 0 saturated carbocycles. The summed E-state index contributed by atoms with van der Waals surface area (Å²) in [5.74, 6) is -2.70. The van der Waals surface area contributed by atoms with E-state index < -0.39 is 12.1 Å². The van der Waals surface area contributed by atoms with Gasteiger partial charge in [-0.3, -0.25) is 9.59 Å². The van der Waals surface area contributed by atoms with Gasteiger partial charge < -0.3 is 25.4 Å². The number of alkyl halides is 3. The maximum atomic E-state index is 12.0. The monoisotopic (exact) mass is 411 g/mol. The van der Waals surface area contributed by atoms with Crippen molar-refractivity contribution in [3.63, 3.8) is 0 Å². The van der Waals surface area contributed by atoms with Crippen molar-refractivity contribution >= 4 is 35.1 Å². The molecule has 8 nitrogen and oxygen atoms in total.